The third-order valence-electron chi connectivity index (χ3n) is 9.96. The number of carbonyl (C=O) groups excluding carboxylic acids is 2. The van der Waals surface area contributed by atoms with Gasteiger partial charge < -0.3 is 40.6 Å². The van der Waals surface area contributed by atoms with Crippen molar-refractivity contribution in [3.8, 4) is 5.75 Å². The lowest BCUT2D eigenvalue weighted by atomic mass is 9.90. The van der Waals surface area contributed by atoms with Gasteiger partial charge in [0.05, 0.1) is 27.4 Å². The van der Waals surface area contributed by atoms with Gasteiger partial charge in [0.25, 0.3) is 0 Å². The van der Waals surface area contributed by atoms with Gasteiger partial charge in [-0.1, -0.05) is 18.2 Å². The zero-order chi connectivity index (χ0) is 37.8. The molecule has 6 rings (SSSR count). The number of halogens is 2. The fraction of sp³-hybridized carbons (Fsp3) is 0.395. The number of aromatic amines is 1. The number of esters is 1. The molecule has 1 amide bonds. The topological polar surface area (TPSA) is 164 Å². The number of thiophene rings is 2. The Balaban J connectivity index is 0.972. The zero-order valence-electron chi connectivity index (χ0n) is 29.0. The Kier molecular flexibility index (Phi) is 11.9. The molecule has 2 aliphatic rings. The SMILES string of the molecule is CN(CCC(=O)NC1C=C(F)C=CC1(F)CNC[C@H](O)c1ccc(O)c2[nH]c(=O)ccc12)C1CCC(OC(=O)C(O)(c2cccs2)c2cccs2)CC1. The summed E-state index contributed by atoms with van der Waals surface area (Å²) in [5, 5.41) is 42.1. The van der Waals surface area contributed by atoms with Crippen molar-refractivity contribution in [1.29, 1.82) is 0 Å². The summed E-state index contributed by atoms with van der Waals surface area (Å²) < 4.78 is 36.4. The molecule has 2 unspecified atom stereocenters. The summed E-state index contributed by atoms with van der Waals surface area (Å²) in [5.41, 5.74) is -3.91. The van der Waals surface area contributed by atoms with Crippen molar-refractivity contribution in [3.05, 3.63) is 109 Å². The number of aromatic nitrogens is 1. The predicted octanol–water partition coefficient (Wildman–Crippen LogP) is 4.71. The number of allylic oxidation sites excluding steroid dienone is 2. The van der Waals surface area contributed by atoms with Crippen molar-refractivity contribution < 1.29 is 38.4 Å². The molecule has 4 aromatic rings. The normalized spacial score (nSPS) is 22.5. The van der Waals surface area contributed by atoms with Crippen LogP contribution in [0.3, 0.4) is 0 Å². The summed E-state index contributed by atoms with van der Waals surface area (Å²) in [5.74, 6) is -2.00. The molecule has 2 aliphatic carbocycles. The molecule has 3 aromatic heterocycles. The maximum absolute atomic E-state index is 16.2. The summed E-state index contributed by atoms with van der Waals surface area (Å²) in [7, 11) is 1.89. The Morgan fingerprint density at radius 2 is 1.79 bits per heavy atom. The number of ether oxygens (including phenoxy) is 1. The van der Waals surface area contributed by atoms with Crippen molar-refractivity contribution in [1.82, 2.24) is 20.5 Å². The molecule has 0 bridgehead atoms. The van der Waals surface area contributed by atoms with E-state index in [9.17, 15) is 34.1 Å². The first kappa shape index (κ1) is 38.5. The highest BCUT2D eigenvalue weighted by Crippen LogP contribution is 2.38. The number of carbonyl (C=O) groups is 2. The molecule has 0 radical (unpaired) electrons. The molecule has 11 nitrogen and oxygen atoms in total. The molecule has 0 spiro atoms. The number of aromatic hydroxyl groups is 1. The van der Waals surface area contributed by atoms with Crippen molar-refractivity contribution >= 4 is 45.5 Å². The first-order valence-corrected chi connectivity index (χ1v) is 19.1. The van der Waals surface area contributed by atoms with Crippen LogP contribution in [0.5, 0.6) is 5.75 Å². The number of H-pyrrole nitrogens is 1. The van der Waals surface area contributed by atoms with Gasteiger partial charge >= 0.3 is 5.97 Å². The second kappa shape index (κ2) is 16.4. The molecule has 53 heavy (non-hydrogen) atoms. The largest absolute Gasteiger partial charge is 0.506 e. The monoisotopic (exact) mass is 768 g/mol. The number of phenolic OH excluding ortho intramolecular Hbond substituents is 1. The van der Waals surface area contributed by atoms with Crippen LogP contribution in [-0.2, 0) is 19.9 Å². The van der Waals surface area contributed by atoms with Crippen molar-refractivity contribution in [2.45, 2.75) is 67.7 Å². The second-order valence-corrected chi connectivity index (χ2v) is 15.4. The van der Waals surface area contributed by atoms with Gasteiger partial charge in [-0.25, -0.2) is 13.6 Å². The third-order valence-corrected chi connectivity index (χ3v) is 11.9. The van der Waals surface area contributed by atoms with Gasteiger partial charge in [-0.15, -0.1) is 22.7 Å². The minimum Gasteiger partial charge on any atom is -0.506 e. The van der Waals surface area contributed by atoms with E-state index >= 15 is 4.39 Å². The molecule has 15 heteroatoms. The van der Waals surface area contributed by atoms with Crippen LogP contribution in [0.15, 0.2) is 88.1 Å². The van der Waals surface area contributed by atoms with Crippen LogP contribution in [0.25, 0.3) is 10.9 Å². The van der Waals surface area contributed by atoms with E-state index in [1.165, 1.54) is 46.9 Å². The molecule has 1 saturated carbocycles. The van der Waals surface area contributed by atoms with Crippen LogP contribution >= 0.6 is 22.7 Å². The molecular weight excluding hydrogens is 727 g/mol. The van der Waals surface area contributed by atoms with E-state index in [0.29, 0.717) is 52.9 Å². The Morgan fingerprint density at radius 3 is 2.45 bits per heavy atom. The number of pyridine rings is 1. The van der Waals surface area contributed by atoms with Crippen LogP contribution in [0, 0.1) is 0 Å². The minimum absolute atomic E-state index is 0.0357. The van der Waals surface area contributed by atoms with Crippen molar-refractivity contribution in [2.24, 2.45) is 0 Å². The molecule has 6 N–H and O–H groups in total. The highest BCUT2D eigenvalue weighted by atomic mass is 32.1. The van der Waals surface area contributed by atoms with E-state index in [-0.39, 0.29) is 42.9 Å². The molecule has 1 fully saturated rings. The molecule has 3 atom stereocenters. The van der Waals surface area contributed by atoms with E-state index in [4.69, 9.17) is 4.74 Å². The lowest BCUT2D eigenvalue weighted by Gasteiger charge is -2.36. The van der Waals surface area contributed by atoms with E-state index < -0.39 is 46.7 Å². The number of hydrogen-bond acceptors (Lipinski definition) is 11. The van der Waals surface area contributed by atoms with Gasteiger partial charge in [0.15, 0.2) is 5.67 Å². The van der Waals surface area contributed by atoms with Crippen LogP contribution in [0.4, 0.5) is 8.78 Å². The quantitative estimate of drug-likeness (QED) is 0.0998. The lowest BCUT2D eigenvalue weighted by molar-refractivity contribution is -0.169. The molecule has 0 saturated heterocycles. The van der Waals surface area contributed by atoms with Crippen LogP contribution < -0.4 is 16.2 Å². The number of nitrogens with one attached hydrogen (secondary N) is 3. The number of phenols is 1. The van der Waals surface area contributed by atoms with Gasteiger partial charge in [0, 0.05) is 43.5 Å². The van der Waals surface area contributed by atoms with Gasteiger partial charge in [0.1, 0.15) is 17.7 Å². The van der Waals surface area contributed by atoms with E-state index in [2.05, 4.69) is 15.6 Å². The molecule has 0 aliphatic heterocycles. The summed E-state index contributed by atoms with van der Waals surface area (Å²) in [6, 6.07) is 11.4. The average Bonchev–Trinajstić information content (AvgIpc) is 3.89. The number of aliphatic hydroxyl groups excluding tert-OH is 1. The fourth-order valence-corrected chi connectivity index (χ4v) is 8.62. The van der Waals surface area contributed by atoms with Gasteiger partial charge in [-0.3, -0.25) is 9.59 Å². The maximum atomic E-state index is 16.2. The molecule has 282 valence electrons. The summed E-state index contributed by atoms with van der Waals surface area (Å²) in [4.78, 5) is 43.7. The van der Waals surface area contributed by atoms with Crippen molar-refractivity contribution in [3.63, 3.8) is 0 Å². The number of amides is 1. The van der Waals surface area contributed by atoms with E-state index in [1.54, 1.807) is 35.0 Å². The highest BCUT2D eigenvalue weighted by Gasteiger charge is 2.45. The van der Waals surface area contributed by atoms with Gasteiger partial charge in [0.2, 0.25) is 17.1 Å². The second-order valence-electron chi connectivity index (χ2n) is 13.5. The number of alkyl halides is 1. The Hall–Kier alpha value is -4.25. The average molecular weight is 769 g/mol. The van der Waals surface area contributed by atoms with E-state index in [0.717, 1.165) is 18.2 Å². The first-order chi connectivity index (χ1) is 25.4. The number of aliphatic hydroxyl groups is 2. The summed E-state index contributed by atoms with van der Waals surface area (Å²) in [6.45, 7) is -0.0997. The number of fused-ring (bicyclic) bond motifs is 1. The fourth-order valence-electron chi connectivity index (χ4n) is 6.90. The summed E-state index contributed by atoms with van der Waals surface area (Å²) >= 11 is 2.58. The lowest BCUT2D eigenvalue weighted by Crippen LogP contribution is -2.54. The van der Waals surface area contributed by atoms with Crippen molar-refractivity contribution in [2.75, 3.05) is 26.7 Å². The number of rotatable bonds is 14. The summed E-state index contributed by atoms with van der Waals surface area (Å²) in [6.07, 6.45) is 4.19. The standard InChI is InChI=1S/C38H42F2N4O7S2/c1-44(24-6-8-25(9-7-24)51-36(49)38(50,31-4-2-18-52-31)32-5-3-19-53-32)17-15-34(48)42-30-20-23(39)14-16-37(30,40)22-41-21-29(46)26-10-12-28(45)35-27(26)11-13-33(47)43-35/h2-5,10-14,16,18-20,24-25,29-30,41,45-46,50H,6-9,15,17,21-22H2,1H3,(H,42,48)(H,43,47)/t24?,25?,29-,30?,37?/m0/s1. The molecule has 3 heterocycles. The molecular formula is C38H42F2N4O7S2. The number of benzene rings is 1. The molecule has 1 aromatic carbocycles. The van der Waals surface area contributed by atoms with Crippen LogP contribution in [-0.4, -0.2) is 87.6 Å². The Bertz CT molecular complexity index is 1980. The zero-order valence-corrected chi connectivity index (χ0v) is 30.6. The Morgan fingerprint density at radius 1 is 1.09 bits per heavy atom. The first-order valence-electron chi connectivity index (χ1n) is 17.4. The minimum atomic E-state index is -2.20. The van der Waals surface area contributed by atoms with Crippen LogP contribution in [0.1, 0.15) is 53.5 Å². The van der Waals surface area contributed by atoms with Gasteiger partial charge in [-0.05, 0) is 91.5 Å². The Labute approximate surface area is 312 Å². The smallest absolute Gasteiger partial charge is 0.349 e. The number of hydrogen-bond donors (Lipinski definition) is 6. The predicted molar refractivity (Wildman–Crippen MR) is 199 cm³/mol. The van der Waals surface area contributed by atoms with Gasteiger partial charge in [-0.2, -0.15) is 0 Å². The van der Waals surface area contributed by atoms with E-state index in [1.807, 2.05) is 11.9 Å². The number of nitrogens with zero attached hydrogens (tertiary/aromatic N) is 1. The highest BCUT2D eigenvalue weighted by molar-refractivity contribution is 7.12. The van der Waals surface area contributed by atoms with Crippen LogP contribution in [0.2, 0.25) is 0 Å². The maximum Gasteiger partial charge on any atom is 0.349 e. The third kappa shape index (κ3) is 8.61.